The number of hydrogen-bond acceptors (Lipinski definition) is 2. The van der Waals surface area contributed by atoms with E-state index in [4.69, 9.17) is 4.74 Å². The van der Waals surface area contributed by atoms with Crippen LogP contribution in [0.1, 0.15) is 18.1 Å². The number of methoxy groups -OCH3 is 1. The summed E-state index contributed by atoms with van der Waals surface area (Å²) in [5.74, 6) is -0.736. The van der Waals surface area contributed by atoms with Crippen LogP contribution in [0.2, 0.25) is 0 Å². The zero-order valence-corrected chi connectivity index (χ0v) is 11.2. The van der Waals surface area contributed by atoms with Crippen molar-refractivity contribution in [1.82, 2.24) is 0 Å². The van der Waals surface area contributed by atoms with E-state index in [9.17, 15) is 14.0 Å². The minimum Gasteiger partial charge on any atom is -0.496 e. The molecule has 0 atom stereocenters. The Labute approximate surface area is 116 Å². The maximum absolute atomic E-state index is 13.3. The molecule has 0 fully saturated rings. The second kappa shape index (κ2) is 5.70. The van der Waals surface area contributed by atoms with Crippen LogP contribution >= 0.6 is 0 Å². The molecular formula is C16H13F2NO. The molecule has 102 valence electrons. The lowest BCUT2D eigenvalue weighted by Crippen LogP contribution is -1.95. The predicted molar refractivity (Wildman–Crippen MR) is 72.4 cm³/mol. The SMILES string of the molecule is CCc1cc(-c2cc(F)cc(F)c2)c(C#N)cc1OC. The van der Waals surface area contributed by atoms with Crippen molar-refractivity contribution >= 4 is 0 Å². The van der Waals surface area contributed by atoms with E-state index in [2.05, 4.69) is 0 Å². The summed E-state index contributed by atoms with van der Waals surface area (Å²) in [5.41, 5.74) is 2.05. The summed E-state index contributed by atoms with van der Waals surface area (Å²) in [5, 5.41) is 9.21. The van der Waals surface area contributed by atoms with Gasteiger partial charge in [0.2, 0.25) is 0 Å². The zero-order chi connectivity index (χ0) is 14.7. The highest BCUT2D eigenvalue weighted by atomic mass is 19.1. The van der Waals surface area contributed by atoms with Gasteiger partial charge in [0.15, 0.2) is 0 Å². The van der Waals surface area contributed by atoms with E-state index >= 15 is 0 Å². The van der Waals surface area contributed by atoms with Gasteiger partial charge in [-0.1, -0.05) is 6.92 Å². The monoisotopic (exact) mass is 273 g/mol. The largest absolute Gasteiger partial charge is 0.496 e. The second-order valence-electron chi connectivity index (χ2n) is 4.33. The predicted octanol–water partition coefficient (Wildman–Crippen LogP) is 4.07. The molecule has 4 heteroatoms. The highest BCUT2D eigenvalue weighted by Crippen LogP contribution is 2.31. The maximum atomic E-state index is 13.3. The Kier molecular flexibility index (Phi) is 3.99. The summed E-state index contributed by atoms with van der Waals surface area (Å²) >= 11 is 0. The van der Waals surface area contributed by atoms with Crippen LogP contribution in [0, 0.1) is 23.0 Å². The van der Waals surface area contributed by atoms with Crippen LogP contribution in [-0.4, -0.2) is 7.11 Å². The number of hydrogen-bond donors (Lipinski definition) is 0. The topological polar surface area (TPSA) is 33.0 Å². The van der Waals surface area contributed by atoms with Crippen LogP contribution in [-0.2, 0) is 6.42 Å². The Morgan fingerprint density at radius 1 is 1.10 bits per heavy atom. The fourth-order valence-electron chi connectivity index (χ4n) is 2.13. The molecule has 0 aliphatic heterocycles. The van der Waals surface area contributed by atoms with Gasteiger partial charge in [0.05, 0.1) is 18.7 Å². The Bertz CT molecular complexity index is 669. The number of aryl methyl sites for hydroxylation is 1. The lowest BCUT2D eigenvalue weighted by molar-refractivity contribution is 0.410. The molecule has 0 spiro atoms. The van der Waals surface area contributed by atoms with Crippen LogP contribution in [0.3, 0.4) is 0 Å². The molecule has 0 amide bonds. The van der Waals surface area contributed by atoms with Crippen LogP contribution in [0.25, 0.3) is 11.1 Å². The number of benzene rings is 2. The van der Waals surface area contributed by atoms with Gasteiger partial charge in [-0.15, -0.1) is 0 Å². The van der Waals surface area contributed by atoms with E-state index in [0.717, 1.165) is 11.6 Å². The molecule has 0 saturated heterocycles. The van der Waals surface area contributed by atoms with E-state index in [0.29, 0.717) is 28.9 Å². The summed E-state index contributed by atoms with van der Waals surface area (Å²) in [6, 6.07) is 8.60. The highest BCUT2D eigenvalue weighted by molar-refractivity contribution is 5.73. The molecule has 0 saturated carbocycles. The molecular weight excluding hydrogens is 260 g/mol. The van der Waals surface area contributed by atoms with Crippen molar-refractivity contribution < 1.29 is 13.5 Å². The molecule has 2 aromatic carbocycles. The molecule has 2 nitrogen and oxygen atoms in total. The third kappa shape index (κ3) is 2.62. The lowest BCUT2D eigenvalue weighted by Gasteiger charge is -2.12. The van der Waals surface area contributed by atoms with Crippen LogP contribution in [0.4, 0.5) is 8.78 Å². The average molecular weight is 273 g/mol. The van der Waals surface area contributed by atoms with Gasteiger partial charge in [-0.2, -0.15) is 5.26 Å². The number of halogens is 2. The van der Waals surface area contributed by atoms with Gasteiger partial charge in [-0.05, 0) is 41.8 Å². The zero-order valence-electron chi connectivity index (χ0n) is 11.2. The molecule has 20 heavy (non-hydrogen) atoms. The molecule has 0 N–H and O–H groups in total. The minimum absolute atomic E-state index is 0.323. The van der Waals surface area contributed by atoms with Gasteiger partial charge in [-0.3, -0.25) is 0 Å². The summed E-state index contributed by atoms with van der Waals surface area (Å²) in [6.07, 6.45) is 0.694. The normalized spacial score (nSPS) is 10.2. The van der Waals surface area contributed by atoms with Crippen LogP contribution < -0.4 is 4.74 Å². The van der Waals surface area contributed by atoms with Gasteiger partial charge >= 0.3 is 0 Å². The van der Waals surface area contributed by atoms with Crippen LogP contribution in [0.5, 0.6) is 5.75 Å². The molecule has 2 aromatic rings. The average Bonchev–Trinajstić information content (AvgIpc) is 2.44. The van der Waals surface area contributed by atoms with Gasteiger partial charge in [0, 0.05) is 11.6 Å². The number of ether oxygens (including phenoxy) is 1. The smallest absolute Gasteiger partial charge is 0.126 e. The van der Waals surface area contributed by atoms with Crippen molar-refractivity contribution in [2.75, 3.05) is 7.11 Å². The summed E-state index contributed by atoms with van der Waals surface area (Å²) in [6.45, 7) is 1.94. The van der Waals surface area contributed by atoms with E-state index in [1.165, 1.54) is 19.2 Å². The first-order chi connectivity index (χ1) is 9.58. The van der Waals surface area contributed by atoms with E-state index in [-0.39, 0.29) is 0 Å². The lowest BCUT2D eigenvalue weighted by atomic mass is 9.96. The van der Waals surface area contributed by atoms with Crippen molar-refractivity contribution in [3.63, 3.8) is 0 Å². The standard InChI is InChI=1S/C16H13F2NO/c1-3-10-6-15(12(9-19)7-16(10)20-2)11-4-13(17)8-14(18)5-11/h4-8H,3H2,1-2H3. The van der Waals surface area contributed by atoms with Gasteiger partial charge in [0.1, 0.15) is 17.4 Å². The molecule has 0 aliphatic rings. The molecule has 0 aromatic heterocycles. The van der Waals surface area contributed by atoms with E-state index in [1.807, 2.05) is 13.0 Å². The van der Waals surface area contributed by atoms with Crippen molar-refractivity contribution in [3.05, 3.63) is 53.1 Å². The first-order valence-electron chi connectivity index (χ1n) is 6.16. The van der Waals surface area contributed by atoms with Gasteiger partial charge < -0.3 is 4.74 Å². The Morgan fingerprint density at radius 3 is 2.25 bits per heavy atom. The Balaban J connectivity index is 2.69. The first-order valence-corrected chi connectivity index (χ1v) is 6.16. The summed E-state index contributed by atoms with van der Waals surface area (Å²) in [4.78, 5) is 0. The number of nitrogens with zero attached hydrogens (tertiary/aromatic N) is 1. The van der Waals surface area contributed by atoms with E-state index < -0.39 is 11.6 Å². The number of rotatable bonds is 3. The van der Waals surface area contributed by atoms with Crippen molar-refractivity contribution in [1.29, 1.82) is 5.26 Å². The van der Waals surface area contributed by atoms with Gasteiger partial charge in [-0.25, -0.2) is 8.78 Å². The summed E-state index contributed by atoms with van der Waals surface area (Å²) < 4.78 is 31.9. The molecule has 0 bridgehead atoms. The minimum atomic E-state index is -0.669. The number of nitriles is 1. The highest BCUT2D eigenvalue weighted by Gasteiger charge is 2.12. The quantitative estimate of drug-likeness (QED) is 0.844. The summed E-state index contributed by atoms with van der Waals surface area (Å²) in [7, 11) is 1.52. The fourth-order valence-corrected chi connectivity index (χ4v) is 2.13. The third-order valence-electron chi connectivity index (χ3n) is 3.10. The Hall–Kier alpha value is -2.41. The Morgan fingerprint density at radius 2 is 1.75 bits per heavy atom. The van der Waals surface area contributed by atoms with Crippen molar-refractivity contribution in [2.24, 2.45) is 0 Å². The maximum Gasteiger partial charge on any atom is 0.126 e. The van der Waals surface area contributed by atoms with Gasteiger partial charge in [0.25, 0.3) is 0 Å². The van der Waals surface area contributed by atoms with Crippen molar-refractivity contribution in [2.45, 2.75) is 13.3 Å². The fraction of sp³-hybridized carbons (Fsp3) is 0.188. The van der Waals surface area contributed by atoms with Crippen LogP contribution in [0.15, 0.2) is 30.3 Å². The molecule has 0 radical (unpaired) electrons. The van der Waals surface area contributed by atoms with Crippen molar-refractivity contribution in [3.8, 4) is 22.9 Å². The second-order valence-corrected chi connectivity index (χ2v) is 4.33. The third-order valence-corrected chi connectivity index (χ3v) is 3.10. The molecule has 2 rings (SSSR count). The molecule has 0 unspecified atom stereocenters. The molecule has 0 heterocycles. The first kappa shape index (κ1) is 14.0. The van der Waals surface area contributed by atoms with E-state index in [1.54, 1.807) is 12.1 Å². The molecule has 0 aliphatic carbocycles.